The molecule has 0 aliphatic carbocycles. The van der Waals surface area contributed by atoms with E-state index in [9.17, 15) is 193 Å². The van der Waals surface area contributed by atoms with E-state index in [4.69, 9.17) is 0 Å². The SMILES string of the molecule is Fc1c(F)c([I+]c2c(OC(F)(F)F)c(F)c(OC(F)(F)F)c(F)c2OC(F)(F)F)c(F)c(F)c1OC(F)(F)C(F)(F)C(F)(F)C(F)(F)C(F)(F)C(F)(F)C(F)(F)C(F)(F)F.O=S(=O)([O-])C(F)(F)C(F)(F)C(F)(F)C(F)(F)F. The second kappa shape index (κ2) is 20.2. The van der Waals surface area contributed by atoms with E-state index in [1.165, 1.54) is 0 Å². The molecule has 0 aliphatic rings. The van der Waals surface area contributed by atoms with Crippen molar-refractivity contribution in [1.29, 1.82) is 0 Å². The predicted octanol–water partition coefficient (Wildman–Crippen LogP) is 10.6. The highest BCUT2D eigenvalue weighted by Crippen LogP contribution is 2.64. The average molecular weight is 1370 g/mol. The third kappa shape index (κ3) is 12.4. The summed E-state index contributed by atoms with van der Waals surface area (Å²) in [5, 5.41) is -7.11. The summed E-state index contributed by atoms with van der Waals surface area (Å²) in [6.07, 6.45) is -43.4. The van der Waals surface area contributed by atoms with Crippen LogP contribution in [0.4, 0.5) is 180 Å². The summed E-state index contributed by atoms with van der Waals surface area (Å²) in [4.78, 5) is 0. The molecule has 0 atom stereocenters. The van der Waals surface area contributed by atoms with Gasteiger partial charge in [-0.1, -0.05) is 0 Å². The van der Waals surface area contributed by atoms with Crippen LogP contribution in [0.2, 0.25) is 0 Å². The van der Waals surface area contributed by atoms with Crippen LogP contribution in [-0.2, 0) is 10.1 Å². The predicted molar refractivity (Wildman–Crippen MR) is 142 cm³/mol. The van der Waals surface area contributed by atoms with E-state index in [0.29, 0.717) is 0 Å². The molecule has 0 N–H and O–H groups in total. The van der Waals surface area contributed by atoms with Gasteiger partial charge in [0.15, 0.2) is 10.1 Å². The van der Waals surface area contributed by atoms with E-state index >= 15 is 0 Å². The lowest BCUT2D eigenvalue weighted by Crippen LogP contribution is -3.62. The Morgan fingerprint density at radius 3 is 0.818 bits per heavy atom. The van der Waals surface area contributed by atoms with Crippen LogP contribution >= 0.6 is 0 Å². The lowest BCUT2D eigenvalue weighted by Gasteiger charge is -2.42. The van der Waals surface area contributed by atoms with Crippen LogP contribution in [0.3, 0.4) is 0 Å². The van der Waals surface area contributed by atoms with Crippen molar-refractivity contribution in [1.82, 2.24) is 0 Å². The molecule has 2 aromatic carbocycles. The second-order valence-corrected chi connectivity index (χ2v) is 16.9. The van der Waals surface area contributed by atoms with E-state index in [1.807, 2.05) is 0 Å². The highest BCUT2D eigenvalue weighted by molar-refractivity contribution is 7.86. The van der Waals surface area contributed by atoms with Crippen molar-refractivity contribution in [3.8, 4) is 23.0 Å². The number of hydrogen-bond donors (Lipinski definition) is 0. The second-order valence-electron chi connectivity index (χ2n) is 12.7. The number of hydrogen-bond acceptors (Lipinski definition) is 7. The largest absolute Gasteiger partial charge is 0.743 e. The molecule has 50 heteroatoms. The van der Waals surface area contributed by atoms with Gasteiger partial charge in [-0.15, -0.1) is 39.5 Å². The summed E-state index contributed by atoms with van der Waals surface area (Å²) >= 11 is -4.63. The number of alkyl halides is 35. The van der Waals surface area contributed by atoms with Crippen molar-refractivity contribution in [2.45, 2.75) is 90.2 Å². The highest BCUT2D eigenvalue weighted by atomic mass is 127. The van der Waals surface area contributed by atoms with Gasteiger partial charge < -0.3 is 23.5 Å². The molecule has 0 saturated heterocycles. The average Bonchev–Trinajstić information content (AvgIpc) is 3.18. The van der Waals surface area contributed by atoms with Gasteiger partial charge in [0.1, 0.15) is 0 Å². The molecule has 0 aromatic heterocycles. The fourth-order valence-electron chi connectivity index (χ4n) is 4.01. The van der Waals surface area contributed by atoms with E-state index < -0.39 is 187 Å². The fourth-order valence-corrected chi connectivity index (χ4v) is 7.12. The molecule has 2 aromatic rings. The highest BCUT2D eigenvalue weighted by Gasteiger charge is 2.96. The van der Waals surface area contributed by atoms with Crippen molar-refractivity contribution >= 4 is 10.1 Å². The first-order valence-electron chi connectivity index (χ1n) is 16.0. The van der Waals surface area contributed by atoms with Crippen LogP contribution < -0.4 is 40.2 Å². The van der Waals surface area contributed by atoms with Crippen molar-refractivity contribution < 1.29 is 233 Å². The van der Waals surface area contributed by atoms with Gasteiger partial charge in [-0.25, -0.2) is 8.42 Å². The van der Waals surface area contributed by atoms with Gasteiger partial charge in [-0.3, -0.25) is 0 Å². The molecule has 0 amide bonds. The minimum atomic E-state index is -9.34. The van der Waals surface area contributed by atoms with Gasteiger partial charge in [0.25, 0.3) is 7.14 Å². The molecule has 0 radical (unpaired) electrons. The molecule has 77 heavy (non-hydrogen) atoms. The first kappa shape index (κ1) is 70.4. The Hall–Kier alpha value is -4.59. The maximum Gasteiger partial charge on any atom is 0.573 e. The smallest absolute Gasteiger partial charge is 0.573 e. The van der Waals surface area contributed by atoms with Crippen LogP contribution in [0.15, 0.2) is 0 Å². The molecular formula is C27F41IO7S. The van der Waals surface area contributed by atoms with Crippen LogP contribution in [0.25, 0.3) is 0 Å². The van der Waals surface area contributed by atoms with Crippen LogP contribution in [-0.4, -0.2) is 103 Å². The topological polar surface area (TPSA) is 94.1 Å². The zero-order valence-corrected chi connectivity index (χ0v) is 35.6. The third-order valence-corrected chi connectivity index (χ3v) is 11.5. The van der Waals surface area contributed by atoms with Crippen molar-refractivity contribution in [2.24, 2.45) is 0 Å². The van der Waals surface area contributed by atoms with Gasteiger partial charge in [0.2, 0.25) is 57.9 Å². The monoisotopic (exact) mass is 1370 g/mol. The Bertz CT molecular complexity index is 2530. The lowest BCUT2D eigenvalue weighted by molar-refractivity contribution is -0.607. The van der Waals surface area contributed by atoms with Gasteiger partial charge in [0, 0.05) is 0 Å². The zero-order chi connectivity index (χ0) is 62.5. The number of rotatable bonds is 16. The van der Waals surface area contributed by atoms with Crippen molar-refractivity contribution in [2.75, 3.05) is 0 Å². The zero-order valence-electron chi connectivity index (χ0n) is 32.6. The number of ether oxygens (including phenoxy) is 4. The Kier molecular flexibility index (Phi) is 18.5. The molecule has 0 saturated carbocycles. The van der Waals surface area contributed by atoms with E-state index in [0.717, 1.165) is 0 Å². The Morgan fingerprint density at radius 1 is 0.299 bits per heavy atom. The maximum absolute atomic E-state index is 14.9. The van der Waals surface area contributed by atoms with Gasteiger partial charge in [-0.05, 0) is 0 Å². The van der Waals surface area contributed by atoms with Crippen LogP contribution in [0.5, 0.6) is 23.0 Å². The summed E-state index contributed by atoms with van der Waals surface area (Å²) in [7, 11) is -7.42. The van der Waals surface area contributed by atoms with Gasteiger partial charge in [0.05, 0.1) is 0 Å². The molecule has 450 valence electrons. The van der Waals surface area contributed by atoms with Gasteiger partial charge >= 0.3 is 111 Å². The molecule has 2 rings (SSSR count). The quantitative estimate of drug-likeness (QED) is 0.0543. The lowest BCUT2D eigenvalue weighted by atomic mass is 9.90. The Labute approximate surface area is 398 Å². The van der Waals surface area contributed by atoms with E-state index in [2.05, 4.69) is 18.9 Å². The van der Waals surface area contributed by atoms with E-state index in [1.54, 1.807) is 0 Å². The normalized spacial score (nSPS) is 15.0. The molecule has 0 fully saturated rings. The number of halogens is 42. The molecule has 0 aliphatic heterocycles. The summed E-state index contributed by atoms with van der Waals surface area (Å²) < 4.78 is 573. The molecular weight excluding hydrogens is 1370 g/mol. The first-order chi connectivity index (χ1) is 33.1. The van der Waals surface area contributed by atoms with Crippen molar-refractivity contribution in [3.63, 3.8) is 0 Å². The standard InChI is InChI=1S/C23F32IO4.C4HF9O3S/c24-1-3(26)9(57-20(45,46)18(40,41)16(36,37)14(32,33)13(30,31)15(34,35)17(38,39)19(42,43)44)4(27)2(25)7(1)56-8-11(59-22(50,51)52)5(28)10(58-21(47,48)49)6(29)12(8)60-23(53,54)55;5-1(6,3(9,10)11)2(7,8)4(12,13)17(14,15)16/h;(H,14,15,16)/q+1;/p-1. The molecule has 0 bridgehead atoms. The first-order valence-corrected chi connectivity index (χ1v) is 19.5. The summed E-state index contributed by atoms with van der Waals surface area (Å²) in [5.41, 5.74) is 0. The Balaban J connectivity index is 0.00000148. The summed E-state index contributed by atoms with van der Waals surface area (Å²) in [6, 6.07) is 0. The van der Waals surface area contributed by atoms with Gasteiger partial charge in [-0.2, -0.15) is 140 Å². The van der Waals surface area contributed by atoms with Crippen molar-refractivity contribution in [3.05, 3.63) is 42.0 Å². The van der Waals surface area contributed by atoms with Crippen LogP contribution in [0.1, 0.15) is 0 Å². The minimum absolute atomic E-state index is 2.11. The minimum Gasteiger partial charge on any atom is -0.743 e. The fraction of sp³-hybridized carbons (Fsp3) is 0.556. The summed E-state index contributed by atoms with van der Waals surface area (Å²) in [5.74, 6) is -106. The molecule has 7 nitrogen and oxygen atoms in total. The molecule has 0 unspecified atom stereocenters. The molecule has 0 heterocycles. The maximum atomic E-state index is 14.9. The van der Waals surface area contributed by atoms with E-state index in [-0.39, 0.29) is 0 Å². The van der Waals surface area contributed by atoms with Crippen LogP contribution in [0, 0.1) is 42.0 Å². The molecule has 0 spiro atoms. The number of benzene rings is 2. The Morgan fingerprint density at radius 2 is 0.545 bits per heavy atom. The summed E-state index contributed by atoms with van der Waals surface area (Å²) in [6.45, 7) is 0. The third-order valence-electron chi connectivity index (χ3n) is 7.56.